The summed E-state index contributed by atoms with van der Waals surface area (Å²) in [6.45, 7) is 6.87. The number of rotatable bonds is 7. The zero-order chi connectivity index (χ0) is 20.9. The summed E-state index contributed by atoms with van der Waals surface area (Å²) in [5.41, 5.74) is 2.27. The monoisotopic (exact) mass is 414 g/mol. The zero-order valence-corrected chi connectivity index (χ0v) is 18.4. The fraction of sp³-hybridized carbons (Fsp3) is 0.500. The zero-order valence-electron chi connectivity index (χ0n) is 17.6. The van der Waals surface area contributed by atoms with Crippen LogP contribution in [0.2, 0.25) is 0 Å². The first-order chi connectivity index (χ1) is 14.0. The molecule has 156 valence electrons. The van der Waals surface area contributed by atoms with Crippen LogP contribution in [0.25, 0.3) is 0 Å². The average Bonchev–Trinajstić information content (AvgIpc) is 3.09. The van der Waals surface area contributed by atoms with Gasteiger partial charge in [0.05, 0.1) is 18.3 Å². The molecule has 1 heterocycles. The highest BCUT2D eigenvalue weighted by Crippen LogP contribution is 2.43. The number of hydrogen-bond acceptors (Lipinski definition) is 5. The standard InChI is InChI=1S/C22H30N4O2S/c1-5-28-20(27)18-15(2)25-19(29-18)16(3)26-21(23-4)24-14-22(12-9-13-22)17-10-7-6-8-11-17/h6-8,10-11,16H,5,9,12-14H2,1-4H3,(H2,23,24,26). The molecule has 0 radical (unpaired) electrons. The first-order valence-electron chi connectivity index (χ1n) is 10.2. The van der Waals surface area contributed by atoms with Crippen molar-refractivity contribution in [1.82, 2.24) is 15.6 Å². The number of ether oxygens (including phenoxy) is 1. The smallest absolute Gasteiger partial charge is 0.350 e. The van der Waals surface area contributed by atoms with Gasteiger partial charge in [-0.15, -0.1) is 11.3 Å². The second-order valence-electron chi connectivity index (χ2n) is 7.48. The van der Waals surface area contributed by atoms with E-state index in [2.05, 4.69) is 50.9 Å². The van der Waals surface area contributed by atoms with Crippen LogP contribution in [0.1, 0.15) is 65.1 Å². The molecule has 2 N–H and O–H groups in total. The number of benzene rings is 1. The minimum Gasteiger partial charge on any atom is -0.462 e. The first kappa shape index (κ1) is 21.3. The lowest BCUT2D eigenvalue weighted by Crippen LogP contribution is -2.49. The minimum absolute atomic E-state index is 0.0675. The minimum atomic E-state index is -0.307. The van der Waals surface area contributed by atoms with E-state index in [-0.39, 0.29) is 17.4 Å². The summed E-state index contributed by atoms with van der Waals surface area (Å²) < 4.78 is 5.12. The number of aromatic nitrogens is 1. The van der Waals surface area contributed by atoms with E-state index in [0.717, 1.165) is 17.5 Å². The van der Waals surface area contributed by atoms with Crippen LogP contribution in [0.5, 0.6) is 0 Å². The maximum Gasteiger partial charge on any atom is 0.350 e. The van der Waals surface area contributed by atoms with Gasteiger partial charge in [-0.2, -0.15) is 0 Å². The lowest BCUT2D eigenvalue weighted by atomic mass is 9.64. The van der Waals surface area contributed by atoms with Crippen LogP contribution in [0.15, 0.2) is 35.3 Å². The molecule has 1 fully saturated rings. The Morgan fingerprint density at radius 2 is 2.07 bits per heavy atom. The third-order valence-electron chi connectivity index (χ3n) is 5.51. The fourth-order valence-corrected chi connectivity index (χ4v) is 4.63. The van der Waals surface area contributed by atoms with Crippen molar-refractivity contribution in [3.8, 4) is 0 Å². The highest BCUT2D eigenvalue weighted by molar-refractivity contribution is 7.13. The Bertz CT molecular complexity index is 859. The van der Waals surface area contributed by atoms with Crippen molar-refractivity contribution < 1.29 is 9.53 Å². The summed E-state index contributed by atoms with van der Waals surface area (Å²) in [5, 5.41) is 7.74. The topological polar surface area (TPSA) is 75.6 Å². The van der Waals surface area contributed by atoms with E-state index in [0.29, 0.717) is 17.2 Å². The summed E-state index contributed by atoms with van der Waals surface area (Å²) in [7, 11) is 1.77. The van der Waals surface area contributed by atoms with Crippen LogP contribution in [-0.2, 0) is 10.2 Å². The van der Waals surface area contributed by atoms with Crippen molar-refractivity contribution in [3.05, 3.63) is 51.5 Å². The van der Waals surface area contributed by atoms with Crippen molar-refractivity contribution >= 4 is 23.3 Å². The van der Waals surface area contributed by atoms with E-state index < -0.39 is 0 Å². The van der Waals surface area contributed by atoms with Crippen LogP contribution < -0.4 is 10.6 Å². The van der Waals surface area contributed by atoms with Crippen LogP contribution in [0, 0.1) is 6.92 Å². The lowest BCUT2D eigenvalue weighted by molar-refractivity contribution is 0.0531. The first-order valence-corrected chi connectivity index (χ1v) is 11.0. The molecule has 0 aliphatic heterocycles. The molecule has 1 aliphatic carbocycles. The van der Waals surface area contributed by atoms with Gasteiger partial charge in [-0.1, -0.05) is 36.8 Å². The van der Waals surface area contributed by atoms with Crippen LogP contribution >= 0.6 is 11.3 Å². The molecule has 1 atom stereocenters. The second kappa shape index (κ2) is 9.39. The summed E-state index contributed by atoms with van der Waals surface area (Å²) in [6, 6.07) is 10.6. The van der Waals surface area contributed by atoms with Gasteiger partial charge in [0.1, 0.15) is 9.88 Å². The number of carbonyl (C=O) groups is 1. The highest BCUT2D eigenvalue weighted by atomic mass is 32.1. The van der Waals surface area contributed by atoms with Gasteiger partial charge in [-0.25, -0.2) is 9.78 Å². The molecule has 2 aromatic rings. The third kappa shape index (κ3) is 4.78. The Morgan fingerprint density at radius 1 is 1.34 bits per heavy atom. The average molecular weight is 415 g/mol. The van der Waals surface area contributed by atoms with Gasteiger partial charge in [-0.05, 0) is 39.2 Å². The molecule has 1 aliphatic rings. The number of nitrogens with zero attached hydrogens (tertiary/aromatic N) is 2. The molecule has 1 unspecified atom stereocenters. The van der Waals surface area contributed by atoms with Crippen molar-refractivity contribution in [3.63, 3.8) is 0 Å². The van der Waals surface area contributed by atoms with Crippen molar-refractivity contribution in [2.24, 2.45) is 4.99 Å². The van der Waals surface area contributed by atoms with E-state index in [9.17, 15) is 4.79 Å². The van der Waals surface area contributed by atoms with Gasteiger partial charge in [0.15, 0.2) is 5.96 Å². The Kier molecular flexibility index (Phi) is 6.90. The van der Waals surface area contributed by atoms with Gasteiger partial charge >= 0.3 is 5.97 Å². The lowest BCUT2D eigenvalue weighted by Gasteiger charge is -2.43. The van der Waals surface area contributed by atoms with E-state index >= 15 is 0 Å². The van der Waals surface area contributed by atoms with Gasteiger partial charge in [-0.3, -0.25) is 4.99 Å². The van der Waals surface area contributed by atoms with Gasteiger partial charge in [0, 0.05) is 19.0 Å². The van der Waals surface area contributed by atoms with Crippen LogP contribution in [0.3, 0.4) is 0 Å². The molecule has 0 saturated heterocycles. The maximum absolute atomic E-state index is 12.1. The van der Waals surface area contributed by atoms with E-state index in [1.54, 1.807) is 14.0 Å². The normalized spacial score (nSPS) is 16.6. The number of nitrogens with one attached hydrogen (secondary N) is 2. The molecule has 1 aromatic carbocycles. The fourth-order valence-electron chi connectivity index (χ4n) is 3.67. The number of aryl methyl sites for hydroxylation is 1. The summed E-state index contributed by atoms with van der Waals surface area (Å²) in [6.07, 6.45) is 3.63. The quantitative estimate of drug-likeness (QED) is 0.407. The van der Waals surface area contributed by atoms with Crippen LogP contribution in [0.4, 0.5) is 0 Å². The van der Waals surface area contributed by atoms with E-state index in [4.69, 9.17) is 4.74 Å². The molecule has 6 nitrogen and oxygen atoms in total. The predicted octanol–water partition coefficient (Wildman–Crippen LogP) is 3.98. The number of guanidine groups is 1. The largest absolute Gasteiger partial charge is 0.462 e. The highest BCUT2D eigenvalue weighted by Gasteiger charge is 2.38. The molecule has 29 heavy (non-hydrogen) atoms. The Balaban J connectivity index is 1.63. The molecular weight excluding hydrogens is 384 g/mol. The predicted molar refractivity (Wildman–Crippen MR) is 118 cm³/mol. The number of carbonyl (C=O) groups excluding carboxylic acids is 1. The SMILES string of the molecule is CCOC(=O)c1sc(C(C)NC(=NC)NCC2(c3ccccc3)CCC2)nc1C. The molecular formula is C22H30N4O2S. The summed E-state index contributed by atoms with van der Waals surface area (Å²) in [5.74, 6) is 0.434. The number of thiazole rings is 1. The van der Waals surface area contributed by atoms with Gasteiger partial charge < -0.3 is 15.4 Å². The van der Waals surface area contributed by atoms with E-state index in [1.807, 2.05) is 13.8 Å². The second-order valence-corrected chi connectivity index (χ2v) is 8.51. The number of hydrogen-bond donors (Lipinski definition) is 2. The molecule has 1 saturated carbocycles. The van der Waals surface area contributed by atoms with Crippen molar-refractivity contribution in [2.75, 3.05) is 20.2 Å². The number of esters is 1. The van der Waals surface area contributed by atoms with Crippen molar-refractivity contribution in [1.29, 1.82) is 0 Å². The Hall–Kier alpha value is -2.41. The summed E-state index contributed by atoms with van der Waals surface area (Å²) >= 11 is 1.37. The molecule has 0 amide bonds. The maximum atomic E-state index is 12.1. The molecule has 0 bridgehead atoms. The molecule has 0 spiro atoms. The summed E-state index contributed by atoms with van der Waals surface area (Å²) in [4.78, 5) is 21.6. The third-order valence-corrected chi connectivity index (χ3v) is 6.83. The Labute approximate surface area is 176 Å². The Morgan fingerprint density at radius 3 is 2.66 bits per heavy atom. The molecule has 7 heteroatoms. The van der Waals surface area contributed by atoms with Gasteiger partial charge in [0.25, 0.3) is 0 Å². The van der Waals surface area contributed by atoms with Crippen molar-refractivity contribution in [2.45, 2.75) is 51.5 Å². The molecule has 3 rings (SSSR count). The number of aliphatic imine (C=N–C) groups is 1. The van der Waals surface area contributed by atoms with E-state index in [1.165, 1.54) is 36.2 Å². The molecule has 1 aromatic heterocycles. The van der Waals surface area contributed by atoms with Gasteiger partial charge in [0.2, 0.25) is 0 Å². The van der Waals surface area contributed by atoms with Crippen LogP contribution in [-0.4, -0.2) is 37.1 Å².